The third-order valence-corrected chi connectivity index (χ3v) is 5.41. The first kappa shape index (κ1) is 16.6. The van der Waals surface area contributed by atoms with Gasteiger partial charge in [0.15, 0.2) is 11.4 Å². The van der Waals surface area contributed by atoms with Gasteiger partial charge in [-0.15, -0.1) is 0 Å². The molecule has 1 atom stereocenters. The van der Waals surface area contributed by atoms with Crippen LogP contribution in [0.4, 0.5) is 0 Å². The van der Waals surface area contributed by atoms with Gasteiger partial charge in [-0.1, -0.05) is 49.6 Å². The van der Waals surface area contributed by atoms with Crippen molar-refractivity contribution in [2.24, 2.45) is 5.92 Å². The molecule has 4 nitrogen and oxygen atoms in total. The normalized spacial score (nSPS) is 23.3. The van der Waals surface area contributed by atoms with Crippen LogP contribution in [0.3, 0.4) is 0 Å². The highest BCUT2D eigenvalue weighted by Gasteiger charge is 2.45. The molecule has 0 amide bonds. The summed E-state index contributed by atoms with van der Waals surface area (Å²) in [7, 11) is 0. The Morgan fingerprint density at radius 3 is 2.43 bits per heavy atom. The fourth-order valence-corrected chi connectivity index (χ4v) is 4.03. The molecule has 0 bridgehead atoms. The van der Waals surface area contributed by atoms with Crippen molar-refractivity contribution in [3.63, 3.8) is 0 Å². The molecule has 1 aliphatic carbocycles. The van der Waals surface area contributed by atoms with Crippen LogP contribution < -0.4 is 5.32 Å². The highest BCUT2D eigenvalue weighted by Crippen LogP contribution is 2.40. The monoisotopic (exact) mass is 316 g/mol. The summed E-state index contributed by atoms with van der Waals surface area (Å²) in [5, 5.41) is 14.8. The average molecular weight is 316 g/mol. The highest BCUT2D eigenvalue weighted by molar-refractivity contribution is 5.90. The van der Waals surface area contributed by atoms with Crippen LogP contribution in [0.5, 0.6) is 0 Å². The standard InChI is InChI=1S/C19H28N2O2/c22-18(15-21-13-11-20-12-14-21)19(23,16-7-3-1-4-8-16)17-9-5-2-6-10-17/h1,3-4,7-8,17,20,23H,2,5-6,9-15H2. The molecule has 1 aliphatic heterocycles. The zero-order valence-corrected chi connectivity index (χ0v) is 13.8. The summed E-state index contributed by atoms with van der Waals surface area (Å²) in [6.07, 6.45) is 5.33. The third-order valence-electron chi connectivity index (χ3n) is 5.41. The van der Waals surface area contributed by atoms with Gasteiger partial charge in [-0.2, -0.15) is 0 Å². The predicted molar refractivity (Wildman–Crippen MR) is 91.2 cm³/mol. The SMILES string of the molecule is O=C(CN1CCNCC1)C(O)(c1ccccc1)C1CCCCC1. The Morgan fingerprint density at radius 2 is 1.78 bits per heavy atom. The van der Waals surface area contributed by atoms with Gasteiger partial charge in [0.05, 0.1) is 6.54 Å². The van der Waals surface area contributed by atoms with E-state index < -0.39 is 5.60 Å². The maximum Gasteiger partial charge on any atom is 0.183 e. The molecule has 2 N–H and O–H groups in total. The number of carbonyl (C=O) groups is 1. The zero-order valence-electron chi connectivity index (χ0n) is 13.8. The Hall–Kier alpha value is -1.23. The Kier molecular flexibility index (Phi) is 5.46. The lowest BCUT2D eigenvalue weighted by atomic mass is 9.71. The number of hydrogen-bond donors (Lipinski definition) is 2. The summed E-state index contributed by atoms with van der Waals surface area (Å²) in [5.74, 6) is 0.0200. The molecule has 0 radical (unpaired) electrons. The molecule has 1 heterocycles. The smallest absolute Gasteiger partial charge is 0.183 e. The van der Waals surface area contributed by atoms with Gasteiger partial charge in [0.1, 0.15) is 0 Å². The summed E-state index contributed by atoms with van der Waals surface area (Å²) in [6, 6.07) is 9.59. The van der Waals surface area contributed by atoms with Gasteiger partial charge in [0.25, 0.3) is 0 Å². The molecular formula is C19H28N2O2. The van der Waals surface area contributed by atoms with Gasteiger partial charge in [0, 0.05) is 26.2 Å². The molecule has 1 aromatic rings. The van der Waals surface area contributed by atoms with E-state index in [0.29, 0.717) is 6.54 Å². The summed E-state index contributed by atoms with van der Waals surface area (Å²) < 4.78 is 0. The predicted octanol–water partition coefficient (Wildman–Crippen LogP) is 1.93. The molecular weight excluding hydrogens is 288 g/mol. The first-order valence-corrected chi connectivity index (χ1v) is 8.95. The van der Waals surface area contributed by atoms with Crippen LogP contribution in [-0.4, -0.2) is 48.5 Å². The number of hydrogen-bond acceptors (Lipinski definition) is 4. The maximum atomic E-state index is 13.1. The second-order valence-corrected chi connectivity index (χ2v) is 6.92. The van der Waals surface area contributed by atoms with Crippen molar-refractivity contribution in [3.05, 3.63) is 35.9 Å². The van der Waals surface area contributed by atoms with E-state index in [9.17, 15) is 9.90 Å². The van der Waals surface area contributed by atoms with Gasteiger partial charge in [0.2, 0.25) is 0 Å². The fourth-order valence-electron chi connectivity index (χ4n) is 4.03. The lowest BCUT2D eigenvalue weighted by Crippen LogP contribution is -2.52. The number of benzene rings is 1. The molecule has 2 aliphatic rings. The number of aliphatic hydroxyl groups is 1. The molecule has 0 aromatic heterocycles. The minimum Gasteiger partial charge on any atom is -0.377 e. The number of piperazine rings is 1. The number of ketones is 1. The molecule has 1 saturated carbocycles. The number of rotatable bonds is 5. The van der Waals surface area contributed by atoms with Crippen molar-refractivity contribution in [2.75, 3.05) is 32.7 Å². The lowest BCUT2D eigenvalue weighted by Gasteiger charge is -2.39. The van der Waals surface area contributed by atoms with E-state index in [-0.39, 0.29) is 11.7 Å². The summed E-state index contributed by atoms with van der Waals surface area (Å²) >= 11 is 0. The van der Waals surface area contributed by atoms with E-state index in [1.807, 2.05) is 30.3 Å². The number of nitrogens with one attached hydrogen (secondary N) is 1. The maximum absolute atomic E-state index is 13.1. The molecule has 126 valence electrons. The van der Waals surface area contributed by atoms with Crippen LogP contribution in [0.1, 0.15) is 37.7 Å². The summed E-state index contributed by atoms with van der Waals surface area (Å²) in [6.45, 7) is 3.94. The van der Waals surface area contributed by atoms with E-state index in [0.717, 1.165) is 57.4 Å². The molecule has 1 saturated heterocycles. The minimum absolute atomic E-state index is 0.0301. The van der Waals surface area contributed by atoms with E-state index in [2.05, 4.69) is 10.2 Å². The van der Waals surface area contributed by atoms with Gasteiger partial charge in [-0.05, 0) is 24.3 Å². The van der Waals surface area contributed by atoms with Crippen molar-refractivity contribution >= 4 is 5.78 Å². The van der Waals surface area contributed by atoms with Gasteiger partial charge in [-0.3, -0.25) is 9.69 Å². The van der Waals surface area contributed by atoms with Crippen LogP contribution in [0.2, 0.25) is 0 Å². The Morgan fingerprint density at radius 1 is 1.13 bits per heavy atom. The molecule has 1 unspecified atom stereocenters. The molecule has 1 aromatic carbocycles. The van der Waals surface area contributed by atoms with E-state index in [4.69, 9.17) is 0 Å². The Bertz CT molecular complexity index is 507. The van der Waals surface area contributed by atoms with E-state index in [1.54, 1.807) is 0 Å². The van der Waals surface area contributed by atoms with Crippen LogP contribution in [0.25, 0.3) is 0 Å². The number of carbonyl (C=O) groups excluding carboxylic acids is 1. The summed E-state index contributed by atoms with van der Waals surface area (Å²) in [4.78, 5) is 15.3. The summed E-state index contributed by atoms with van der Waals surface area (Å²) in [5.41, 5.74) is -0.556. The van der Waals surface area contributed by atoms with E-state index in [1.165, 1.54) is 6.42 Å². The number of Topliss-reactive ketones (excluding diaryl/α,β-unsaturated/α-hetero) is 1. The van der Waals surface area contributed by atoms with Gasteiger partial charge >= 0.3 is 0 Å². The topological polar surface area (TPSA) is 52.6 Å². The minimum atomic E-state index is -1.33. The van der Waals surface area contributed by atoms with Crippen LogP contribution >= 0.6 is 0 Å². The van der Waals surface area contributed by atoms with Crippen LogP contribution in [0.15, 0.2) is 30.3 Å². The van der Waals surface area contributed by atoms with Gasteiger partial charge in [-0.25, -0.2) is 0 Å². The fraction of sp³-hybridized carbons (Fsp3) is 0.632. The first-order valence-electron chi connectivity index (χ1n) is 8.95. The van der Waals surface area contributed by atoms with Crippen molar-refractivity contribution in [3.8, 4) is 0 Å². The van der Waals surface area contributed by atoms with Crippen molar-refractivity contribution in [2.45, 2.75) is 37.7 Å². The Balaban J connectivity index is 1.83. The first-order chi connectivity index (χ1) is 11.2. The largest absolute Gasteiger partial charge is 0.377 e. The van der Waals surface area contributed by atoms with Crippen molar-refractivity contribution in [1.82, 2.24) is 10.2 Å². The molecule has 23 heavy (non-hydrogen) atoms. The molecule has 0 spiro atoms. The van der Waals surface area contributed by atoms with Crippen molar-refractivity contribution < 1.29 is 9.90 Å². The molecule has 4 heteroatoms. The molecule has 2 fully saturated rings. The second-order valence-electron chi connectivity index (χ2n) is 6.92. The van der Waals surface area contributed by atoms with Crippen LogP contribution in [-0.2, 0) is 10.4 Å². The second kappa shape index (κ2) is 7.56. The highest BCUT2D eigenvalue weighted by atomic mass is 16.3. The Labute approximate surface area is 138 Å². The number of nitrogens with zero attached hydrogens (tertiary/aromatic N) is 1. The zero-order chi connectivity index (χ0) is 16.1. The average Bonchev–Trinajstić information content (AvgIpc) is 2.63. The van der Waals surface area contributed by atoms with Gasteiger partial charge < -0.3 is 10.4 Å². The quantitative estimate of drug-likeness (QED) is 0.871. The molecule has 3 rings (SSSR count). The van der Waals surface area contributed by atoms with E-state index >= 15 is 0 Å². The lowest BCUT2D eigenvalue weighted by molar-refractivity contribution is -0.148. The third kappa shape index (κ3) is 3.65. The van der Waals surface area contributed by atoms with Crippen LogP contribution in [0, 0.1) is 5.92 Å². The van der Waals surface area contributed by atoms with Crippen molar-refractivity contribution in [1.29, 1.82) is 0 Å².